The summed E-state index contributed by atoms with van der Waals surface area (Å²) in [6.45, 7) is 1.61. The van der Waals surface area contributed by atoms with Gasteiger partial charge in [-0.15, -0.1) is 0 Å². The van der Waals surface area contributed by atoms with Gasteiger partial charge in [0.05, 0.1) is 12.8 Å². The molecule has 0 amide bonds. The van der Waals surface area contributed by atoms with Gasteiger partial charge in [-0.05, 0) is 24.1 Å². The van der Waals surface area contributed by atoms with Crippen molar-refractivity contribution in [1.29, 1.82) is 0 Å². The van der Waals surface area contributed by atoms with Crippen molar-refractivity contribution in [3.63, 3.8) is 0 Å². The van der Waals surface area contributed by atoms with E-state index in [1.807, 2.05) is 13.0 Å². The van der Waals surface area contributed by atoms with Crippen LogP contribution in [0.25, 0.3) is 0 Å². The highest BCUT2D eigenvalue weighted by atomic mass is 32.2. The highest BCUT2D eigenvalue weighted by Gasteiger charge is 2.20. The van der Waals surface area contributed by atoms with E-state index in [9.17, 15) is 8.42 Å². The predicted octanol–water partition coefficient (Wildman–Crippen LogP) is 1.27. The first-order valence-electron chi connectivity index (χ1n) is 5.81. The van der Waals surface area contributed by atoms with Gasteiger partial charge in [-0.25, -0.2) is 0 Å². The van der Waals surface area contributed by atoms with Gasteiger partial charge >= 0.3 is 0 Å². The zero-order valence-electron chi connectivity index (χ0n) is 10.4. The third kappa shape index (κ3) is 2.94. The number of nitrogens with one attached hydrogen (secondary N) is 2. The number of hydrogen-bond donors (Lipinski definition) is 3. The van der Waals surface area contributed by atoms with Crippen LogP contribution in [-0.4, -0.2) is 23.7 Å². The van der Waals surface area contributed by atoms with Crippen molar-refractivity contribution < 1.29 is 13.5 Å². The second-order valence-electron chi connectivity index (χ2n) is 4.04. The van der Waals surface area contributed by atoms with Crippen LogP contribution in [-0.2, 0) is 23.1 Å². The molecular formula is C12H15N3O3S. The van der Waals surface area contributed by atoms with E-state index in [1.54, 1.807) is 18.2 Å². The number of aliphatic hydroxyl groups excluding tert-OH is 1. The SMILES string of the molecule is CCc1cccc(NS(=O)(=O)c2[nH]ncc2CO)c1. The molecule has 0 unspecified atom stereocenters. The van der Waals surface area contributed by atoms with Gasteiger partial charge in [0.2, 0.25) is 0 Å². The minimum atomic E-state index is -3.77. The van der Waals surface area contributed by atoms with Crippen LogP contribution in [0.1, 0.15) is 18.1 Å². The van der Waals surface area contributed by atoms with E-state index in [2.05, 4.69) is 14.9 Å². The number of nitrogens with zero attached hydrogens (tertiary/aromatic N) is 1. The number of hydrogen-bond acceptors (Lipinski definition) is 4. The highest BCUT2D eigenvalue weighted by molar-refractivity contribution is 7.92. The van der Waals surface area contributed by atoms with Crippen LogP contribution in [0.2, 0.25) is 0 Å². The number of aromatic amines is 1. The summed E-state index contributed by atoms with van der Waals surface area (Å²) >= 11 is 0. The van der Waals surface area contributed by atoms with Crippen LogP contribution in [0.15, 0.2) is 35.5 Å². The van der Waals surface area contributed by atoms with Crippen LogP contribution < -0.4 is 4.72 Å². The lowest BCUT2D eigenvalue weighted by molar-refractivity contribution is 0.278. The molecule has 1 heterocycles. The molecule has 0 radical (unpaired) electrons. The van der Waals surface area contributed by atoms with Gasteiger partial charge in [-0.2, -0.15) is 13.5 Å². The molecule has 0 saturated carbocycles. The number of aryl methyl sites for hydroxylation is 1. The zero-order chi connectivity index (χ0) is 13.9. The largest absolute Gasteiger partial charge is 0.392 e. The van der Waals surface area contributed by atoms with Crippen molar-refractivity contribution in [2.75, 3.05) is 4.72 Å². The average Bonchev–Trinajstić information content (AvgIpc) is 2.87. The second-order valence-corrected chi connectivity index (χ2v) is 5.66. The number of H-pyrrole nitrogens is 1. The predicted molar refractivity (Wildman–Crippen MR) is 71.1 cm³/mol. The lowest BCUT2D eigenvalue weighted by Crippen LogP contribution is -2.15. The lowest BCUT2D eigenvalue weighted by atomic mass is 10.1. The first-order chi connectivity index (χ1) is 9.06. The molecule has 2 aromatic rings. The molecular weight excluding hydrogens is 266 g/mol. The number of rotatable bonds is 5. The Morgan fingerprint density at radius 2 is 2.21 bits per heavy atom. The van der Waals surface area contributed by atoms with Crippen LogP contribution >= 0.6 is 0 Å². The monoisotopic (exact) mass is 281 g/mol. The first kappa shape index (κ1) is 13.6. The molecule has 0 bridgehead atoms. The van der Waals surface area contributed by atoms with Crippen molar-refractivity contribution in [3.05, 3.63) is 41.6 Å². The Hall–Kier alpha value is -1.86. The van der Waals surface area contributed by atoms with Crippen LogP contribution in [0, 0.1) is 0 Å². The molecule has 7 heteroatoms. The van der Waals surface area contributed by atoms with Crippen molar-refractivity contribution in [1.82, 2.24) is 10.2 Å². The van der Waals surface area contributed by atoms with Gasteiger partial charge in [-0.1, -0.05) is 19.1 Å². The smallest absolute Gasteiger partial charge is 0.279 e. The number of benzene rings is 1. The minimum Gasteiger partial charge on any atom is -0.392 e. The van der Waals surface area contributed by atoms with Gasteiger partial charge < -0.3 is 5.11 Å². The Bertz CT molecular complexity index is 664. The maximum atomic E-state index is 12.1. The number of aliphatic hydroxyl groups is 1. The topological polar surface area (TPSA) is 95.1 Å². The molecule has 0 spiro atoms. The highest BCUT2D eigenvalue weighted by Crippen LogP contribution is 2.18. The van der Waals surface area contributed by atoms with Crippen LogP contribution in [0.4, 0.5) is 5.69 Å². The summed E-state index contributed by atoms with van der Waals surface area (Å²) in [4.78, 5) is 0. The number of sulfonamides is 1. The Morgan fingerprint density at radius 1 is 1.42 bits per heavy atom. The van der Waals surface area contributed by atoms with Crippen LogP contribution in [0.5, 0.6) is 0 Å². The molecule has 2 rings (SSSR count). The maximum Gasteiger partial charge on any atom is 0.279 e. The molecule has 3 N–H and O–H groups in total. The van der Waals surface area contributed by atoms with E-state index >= 15 is 0 Å². The molecule has 1 aromatic heterocycles. The van der Waals surface area contributed by atoms with Crippen molar-refractivity contribution in [2.45, 2.75) is 25.0 Å². The molecule has 1 aromatic carbocycles. The Balaban J connectivity index is 2.31. The Morgan fingerprint density at radius 3 is 2.89 bits per heavy atom. The Kier molecular flexibility index (Phi) is 3.87. The van der Waals surface area contributed by atoms with E-state index in [-0.39, 0.29) is 17.2 Å². The molecule has 0 atom stereocenters. The van der Waals surface area contributed by atoms with E-state index < -0.39 is 10.0 Å². The summed E-state index contributed by atoms with van der Waals surface area (Å²) in [7, 11) is -3.77. The van der Waals surface area contributed by atoms with E-state index in [4.69, 9.17) is 5.11 Å². The standard InChI is InChI=1S/C12H15N3O3S/c1-2-9-4-3-5-11(6-9)15-19(17,18)12-10(8-16)7-13-14-12/h3-7,15-16H,2,8H2,1H3,(H,13,14). The molecule has 0 aliphatic rings. The third-order valence-electron chi connectivity index (χ3n) is 2.70. The average molecular weight is 281 g/mol. The van der Waals surface area contributed by atoms with Gasteiger partial charge in [0, 0.05) is 11.3 Å². The summed E-state index contributed by atoms with van der Waals surface area (Å²) in [5.41, 5.74) is 1.75. The molecule has 0 aliphatic heterocycles. The van der Waals surface area contributed by atoms with Crippen LogP contribution in [0.3, 0.4) is 0 Å². The van der Waals surface area contributed by atoms with Crippen molar-refractivity contribution in [2.24, 2.45) is 0 Å². The minimum absolute atomic E-state index is 0.114. The molecule has 6 nitrogen and oxygen atoms in total. The summed E-state index contributed by atoms with van der Waals surface area (Å²) in [5.74, 6) is 0. The third-order valence-corrected chi connectivity index (χ3v) is 4.10. The fraction of sp³-hybridized carbons (Fsp3) is 0.250. The fourth-order valence-electron chi connectivity index (χ4n) is 1.71. The van der Waals surface area contributed by atoms with Gasteiger partial charge in [0.25, 0.3) is 10.0 Å². The van der Waals surface area contributed by atoms with E-state index in [1.165, 1.54) is 6.20 Å². The first-order valence-corrected chi connectivity index (χ1v) is 7.30. The normalized spacial score (nSPS) is 11.5. The van der Waals surface area contributed by atoms with E-state index in [0.717, 1.165) is 12.0 Å². The lowest BCUT2D eigenvalue weighted by Gasteiger charge is -2.08. The molecule has 19 heavy (non-hydrogen) atoms. The zero-order valence-corrected chi connectivity index (χ0v) is 11.2. The Labute approximate surface area is 111 Å². The fourth-order valence-corrected chi connectivity index (χ4v) is 2.88. The van der Waals surface area contributed by atoms with Crippen molar-refractivity contribution >= 4 is 15.7 Å². The summed E-state index contributed by atoms with van der Waals surface area (Å²) in [6.07, 6.45) is 2.11. The molecule has 0 aliphatic carbocycles. The van der Waals surface area contributed by atoms with Gasteiger partial charge in [-0.3, -0.25) is 9.82 Å². The van der Waals surface area contributed by atoms with Gasteiger partial charge in [0.1, 0.15) is 0 Å². The van der Waals surface area contributed by atoms with Gasteiger partial charge in [0.15, 0.2) is 5.03 Å². The van der Waals surface area contributed by atoms with E-state index in [0.29, 0.717) is 5.69 Å². The molecule has 0 fully saturated rings. The summed E-state index contributed by atoms with van der Waals surface area (Å²) in [6, 6.07) is 7.15. The summed E-state index contributed by atoms with van der Waals surface area (Å²) < 4.78 is 26.8. The second kappa shape index (κ2) is 5.41. The number of aromatic nitrogens is 2. The van der Waals surface area contributed by atoms with Crippen molar-refractivity contribution in [3.8, 4) is 0 Å². The molecule has 102 valence electrons. The molecule has 0 saturated heterocycles. The maximum absolute atomic E-state index is 12.1. The number of anilines is 1. The quantitative estimate of drug-likeness (QED) is 0.769. The summed E-state index contributed by atoms with van der Waals surface area (Å²) in [5, 5.41) is 15.0.